The minimum Gasteiger partial charge on any atom is -0.496 e. The number of fused-ring (bicyclic) bond motifs is 1. The van der Waals surface area contributed by atoms with Crippen molar-refractivity contribution in [3.63, 3.8) is 0 Å². The van der Waals surface area contributed by atoms with Gasteiger partial charge in [0.05, 0.1) is 7.11 Å². The predicted molar refractivity (Wildman–Crippen MR) is 110 cm³/mol. The summed E-state index contributed by atoms with van der Waals surface area (Å²) in [5, 5.41) is 5.22. The fourth-order valence-corrected chi connectivity index (χ4v) is 3.34. The second-order valence-corrected chi connectivity index (χ2v) is 7.25. The molecule has 0 saturated carbocycles. The number of rotatable bonds is 6. The summed E-state index contributed by atoms with van der Waals surface area (Å²) in [7, 11) is 1.69. The average Bonchev–Trinajstić information content (AvgIpc) is 2.65. The lowest BCUT2D eigenvalue weighted by molar-refractivity contribution is -0.121. The number of aryl methyl sites for hydroxylation is 1. The summed E-state index contributed by atoms with van der Waals surface area (Å²) in [6.07, 6.45) is 4.22. The fraction of sp³-hybridized carbons (Fsp3) is 0.304. The van der Waals surface area contributed by atoms with Crippen molar-refractivity contribution in [3.8, 4) is 16.9 Å². The Bertz CT molecular complexity index is 964. The van der Waals surface area contributed by atoms with Gasteiger partial charge in [-0.1, -0.05) is 32.0 Å². The molecule has 1 N–H and O–H groups in total. The van der Waals surface area contributed by atoms with Crippen LogP contribution in [0.15, 0.2) is 48.8 Å². The number of benzene rings is 2. The second-order valence-electron chi connectivity index (χ2n) is 7.25. The summed E-state index contributed by atoms with van der Waals surface area (Å²) in [6, 6.07) is 12.4. The number of methoxy groups -OCH3 is 1. The predicted octanol–water partition coefficient (Wildman–Crippen LogP) is 4.88. The SMILES string of the molecule is COc1ccc(-c2ccc(CNC(=O)CC(C)C)c3cnccc23)cc1C. The standard InChI is InChI=1S/C23H26N2O2/c1-15(2)11-23(26)25-13-18-5-7-19(20-9-10-24-14-21(18)20)17-6-8-22(27-4)16(3)12-17/h5-10,12,14-15H,11,13H2,1-4H3,(H,25,26). The van der Waals surface area contributed by atoms with Gasteiger partial charge in [0.15, 0.2) is 0 Å². The molecule has 0 radical (unpaired) electrons. The van der Waals surface area contributed by atoms with Gasteiger partial charge >= 0.3 is 0 Å². The van der Waals surface area contributed by atoms with Crippen LogP contribution in [0.3, 0.4) is 0 Å². The van der Waals surface area contributed by atoms with E-state index in [2.05, 4.69) is 34.6 Å². The van der Waals surface area contributed by atoms with Gasteiger partial charge in [-0.15, -0.1) is 0 Å². The van der Waals surface area contributed by atoms with E-state index in [0.717, 1.165) is 38.8 Å². The lowest BCUT2D eigenvalue weighted by atomic mass is 9.95. The number of ether oxygens (including phenoxy) is 1. The van der Waals surface area contributed by atoms with Gasteiger partial charge in [0.1, 0.15) is 5.75 Å². The zero-order valence-corrected chi connectivity index (χ0v) is 16.4. The van der Waals surface area contributed by atoms with Gasteiger partial charge in [-0.2, -0.15) is 0 Å². The van der Waals surface area contributed by atoms with Crippen LogP contribution in [0.4, 0.5) is 0 Å². The molecule has 3 rings (SSSR count). The quantitative estimate of drug-likeness (QED) is 0.680. The Labute approximate surface area is 160 Å². The molecule has 4 nitrogen and oxygen atoms in total. The molecule has 0 bridgehead atoms. The van der Waals surface area contributed by atoms with Crippen LogP contribution in [-0.2, 0) is 11.3 Å². The fourth-order valence-electron chi connectivity index (χ4n) is 3.34. The largest absolute Gasteiger partial charge is 0.496 e. The molecule has 0 unspecified atom stereocenters. The first-order valence-corrected chi connectivity index (χ1v) is 9.27. The zero-order chi connectivity index (χ0) is 19.4. The van der Waals surface area contributed by atoms with Crippen LogP contribution in [0.25, 0.3) is 21.9 Å². The number of amides is 1. The molecule has 1 aromatic heterocycles. The normalized spacial score (nSPS) is 11.0. The molecule has 0 atom stereocenters. The van der Waals surface area contributed by atoms with Crippen LogP contribution in [-0.4, -0.2) is 18.0 Å². The molecule has 1 amide bonds. The summed E-state index contributed by atoms with van der Waals surface area (Å²) in [5.41, 5.74) is 4.46. The molecule has 27 heavy (non-hydrogen) atoms. The molecular weight excluding hydrogens is 336 g/mol. The minimum absolute atomic E-state index is 0.0805. The highest BCUT2D eigenvalue weighted by Gasteiger charge is 2.11. The van der Waals surface area contributed by atoms with Gasteiger partial charge in [-0.3, -0.25) is 9.78 Å². The molecule has 0 aliphatic carbocycles. The minimum atomic E-state index is 0.0805. The van der Waals surface area contributed by atoms with E-state index in [1.165, 1.54) is 0 Å². The van der Waals surface area contributed by atoms with Crippen LogP contribution in [0.5, 0.6) is 5.75 Å². The number of aromatic nitrogens is 1. The molecular formula is C23H26N2O2. The summed E-state index contributed by atoms with van der Waals surface area (Å²) in [6.45, 7) is 6.65. The van der Waals surface area contributed by atoms with Gasteiger partial charge in [0.2, 0.25) is 5.91 Å². The van der Waals surface area contributed by atoms with E-state index in [0.29, 0.717) is 18.9 Å². The Hall–Kier alpha value is -2.88. The van der Waals surface area contributed by atoms with Crippen molar-refractivity contribution in [3.05, 3.63) is 59.9 Å². The molecule has 2 aromatic carbocycles. The Balaban J connectivity index is 1.96. The highest BCUT2D eigenvalue weighted by atomic mass is 16.5. The van der Waals surface area contributed by atoms with Crippen LogP contribution < -0.4 is 10.1 Å². The molecule has 4 heteroatoms. The molecule has 3 aromatic rings. The Kier molecular flexibility index (Phi) is 5.75. The van der Waals surface area contributed by atoms with E-state index in [1.807, 2.05) is 45.3 Å². The first-order valence-electron chi connectivity index (χ1n) is 9.27. The molecule has 0 spiro atoms. The van der Waals surface area contributed by atoms with E-state index in [1.54, 1.807) is 7.11 Å². The molecule has 0 fully saturated rings. The first-order chi connectivity index (χ1) is 13.0. The Morgan fingerprint density at radius 2 is 1.96 bits per heavy atom. The number of nitrogens with zero attached hydrogens (tertiary/aromatic N) is 1. The van der Waals surface area contributed by atoms with Crippen LogP contribution >= 0.6 is 0 Å². The zero-order valence-electron chi connectivity index (χ0n) is 16.4. The topological polar surface area (TPSA) is 51.2 Å². The number of nitrogens with one attached hydrogen (secondary N) is 1. The van der Waals surface area contributed by atoms with Crippen LogP contribution in [0.1, 0.15) is 31.4 Å². The third kappa shape index (κ3) is 4.27. The van der Waals surface area contributed by atoms with Crippen molar-refractivity contribution < 1.29 is 9.53 Å². The van der Waals surface area contributed by atoms with Crippen molar-refractivity contribution in [1.82, 2.24) is 10.3 Å². The summed E-state index contributed by atoms with van der Waals surface area (Å²) >= 11 is 0. The maximum Gasteiger partial charge on any atom is 0.220 e. The monoisotopic (exact) mass is 362 g/mol. The Morgan fingerprint density at radius 1 is 1.15 bits per heavy atom. The van der Waals surface area contributed by atoms with Crippen molar-refractivity contribution >= 4 is 16.7 Å². The number of pyridine rings is 1. The van der Waals surface area contributed by atoms with E-state index >= 15 is 0 Å². The van der Waals surface area contributed by atoms with Gasteiger partial charge in [-0.05, 0) is 58.7 Å². The van der Waals surface area contributed by atoms with Gasteiger partial charge in [0.25, 0.3) is 0 Å². The van der Waals surface area contributed by atoms with Gasteiger partial charge in [0, 0.05) is 30.7 Å². The summed E-state index contributed by atoms with van der Waals surface area (Å²) in [5.74, 6) is 1.32. The highest BCUT2D eigenvalue weighted by molar-refractivity contribution is 5.98. The number of carbonyl (C=O) groups excluding carboxylic acids is 1. The van der Waals surface area contributed by atoms with E-state index in [9.17, 15) is 4.79 Å². The number of hydrogen-bond donors (Lipinski definition) is 1. The molecule has 1 heterocycles. The molecule has 140 valence electrons. The van der Waals surface area contributed by atoms with Gasteiger partial charge in [-0.25, -0.2) is 0 Å². The lowest BCUT2D eigenvalue weighted by Gasteiger charge is -2.14. The third-order valence-electron chi connectivity index (χ3n) is 4.68. The van der Waals surface area contributed by atoms with Gasteiger partial charge < -0.3 is 10.1 Å². The number of hydrogen-bond acceptors (Lipinski definition) is 3. The highest BCUT2D eigenvalue weighted by Crippen LogP contribution is 2.32. The summed E-state index contributed by atoms with van der Waals surface area (Å²) < 4.78 is 5.37. The maximum atomic E-state index is 12.0. The molecule has 0 aliphatic heterocycles. The van der Waals surface area contributed by atoms with Crippen LogP contribution in [0, 0.1) is 12.8 Å². The smallest absolute Gasteiger partial charge is 0.220 e. The van der Waals surface area contributed by atoms with E-state index in [-0.39, 0.29) is 5.91 Å². The Morgan fingerprint density at radius 3 is 2.67 bits per heavy atom. The van der Waals surface area contributed by atoms with E-state index < -0.39 is 0 Å². The first kappa shape index (κ1) is 18.9. The molecule has 0 aliphatic rings. The second kappa shape index (κ2) is 8.21. The third-order valence-corrected chi connectivity index (χ3v) is 4.68. The number of carbonyl (C=O) groups is 1. The summed E-state index contributed by atoms with van der Waals surface area (Å²) in [4.78, 5) is 16.3. The van der Waals surface area contributed by atoms with Crippen molar-refractivity contribution in [2.75, 3.05) is 7.11 Å². The average molecular weight is 362 g/mol. The van der Waals surface area contributed by atoms with Crippen molar-refractivity contribution in [1.29, 1.82) is 0 Å². The maximum absolute atomic E-state index is 12.0. The lowest BCUT2D eigenvalue weighted by Crippen LogP contribution is -2.24. The van der Waals surface area contributed by atoms with Crippen molar-refractivity contribution in [2.24, 2.45) is 5.92 Å². The molecule has 0 saturated heterocycles. The van der Waals surface area contributed by atoms with Crippen LogP contribution in [0.2, 0.25) is 0 Å². The van der Waals surface area contributed by atoms with Crippen molar-refractivity contribution in [2.45, 2.75) is 33.7 Å². The van der Waals surface area contributed by atoms with E-state index in [4.69, 9.17) is 4.74 Å².